The van der Waals surface area contributed by atoms with E-state index in [1.807, 2.05) is 0 Å². The van der Waals surface area contributed by atoms with Crippen molar-refractivity contribution in [1.82, 2.24) is 0 Å². The summed E-state index contributed by atoms with van der Waals surface area (Å²) < 4.78 is 13.0. The fourth-order valence-corrected chi connectivity index (χ4v) is 1.65. The first-order valence-corrected chi connectivity index (χ1v) is 5.81. The van der Waals surface area contributed by atoms with Crippen molar-refractivity contribution in [3.05, 3.63) is 29.0 Å². The second kappa shape index (κ2) is 6.06. The van der Waals surface area contributed by atoms with Gasteiger partial charge >= 0.3 is 0 Å². The molecule has 90 valence electrons. The summed E-state index contributed by atoms with van der Waals surface area (Å²) in [6.07, 6.45) is 0. The molecular weight excluding hydrogens is 227 g/mol. The van der Waals surface area contributed by atoms with Gasteiger partial charge in [0.1, 0.15) is 5.82 Å². The van der Waals surface area contributed by atoms with Crippen LogP contribution in [-0.4, -0.2) is 13.1 Å². The number of nitrogens with one attached hydrogen (secondary N) is 1. The fraction of sp³-hybridized carbons (Fsp3) is 0.500. The predicted molar refractivity (Wildman–Crippen MR) is 67.3 cm³/mol. The summed E-state index contributed by atoms with van der Waals surface area (Å²) in [5, 5.41) is 3.66. The highest BCUT2D eigenvalue weighted by atomic mass is 35.5. The van der Waals surface area contributed by atoms with Gasteiger partial charge in [0.15, 0.2) is 0 Å². The van der Waals surface area contributed by atoms with E-state index in [1.54, 1.807) is 6.07 Å². The van der Waals surface area contributed by atoms with Crippen molar-refractivity contribution in [3.63, 3.8) is 0 Å². The molecule has 0 spiro atoms. The average molecular weight is 245 g/mol. The molecule has 0 aromatic heterocycles. The number of halogens is 2. The summed E-state index contributed by atoms with van der Waals surface area (Å²) in [7, 11) is 0. The normalized spacial score (nSPS) is 12.9. The van der Waals surface area contributed by atoms with E-state index in [-0.39, 0.29) is 5.82 Å². The minimum atomic E-state index is -0.291. The molecule has 4 heteroatoms. The minimum absolute atomic E-state index is 0.291. The van der Waals surface area contributed by atoms with E-state index >= 15 is 0 Å². The Bertz CT molecular complexity index is 342. The molecule has 0 fully saturated rings. The zero-order chi connectivity index (χ0) is 12.1. The molecule has 0 bridgehead atoms. The lowest BCUT2D eigenvalue weighted by molar-refractivity contribution is 0.413. The number of anilines is 1. The van der Waals surface area contributed by atoms with Crippen molar-refractivity contribution in [1.29, 1.82) is 0 Å². The van der Waals surface area contributed by atoms with E-state index in [1.165, 1.54) is 12.1 Å². The molecule has 1 aromatic rings. The minimum Gasteiger partial charge on any atom is -0.383 e. The Labute approximate surface area is 101 Å². The molecular formula is C12H18ClFN2. The maximum atomic E-state index is 13.0. The van der Waals surface area contributed by atoms with Gasteiger partial charge in [-0.3, -0.25) is 0 Å². The van der Waals surface area contributed by atoms with Gasteiger partial charge in [-0.05, 0) is 36.6 Å². The molecule has 0 aliphatic carbocycles. The monoisotopic (exact) mass is 244 g/mol. The fourth-order valence-electron chi connectivity index (χ4n) is 1.47. The summed E-state index contributed by atoms with van der Waals surface area (Å²) >= 11 is 5.94. The van der Waals surface area contributed by atoms with Crippen LogP contribution < -0.4 is 11.1 Å². The second-order valence-corrected chi connectivity index (χ2v) is 4.65. The highest BCUT2D eigenvalue weighted by Crippen LogP contribution is 2.23. The van der Waals surface area contributed by atoms with E-state index in [0.29, 0.717) is 35.6 Å². The van der Waals surface area contributed by atoms with Crippen molar-refractivity contribution in [2.45, 2.75) is 13.8 Å². The Morgan fingerprint density at radius 3 is 2.69 bits per heavy atom. The molecule has 16 heavy (non-hydrogen) atoms. The molecule has 0 saturated carbocycles. The van der Waals surface area contributed by atoms with Crippen molar-refractivity contribution < 1.29 is 4.39 Å². The molecule has 3 N–H and O–H groups in total. The van der Waals surface area contributed by atoms with Crippen LogP contribution in [0.1, 0.15) is 13.8 Å². The van der Waals surface area contributed by atoms with Gasteiger partial charge in [-0.2, -0.15) is 0 Å². The first-order valence-electron chi connectivity index (χ1n) is 5.43. The number of hydrogen-bond donors (Lipinski definition) is 2. The molecule has 0 heterocycles. The number of hydrogen-bond acceptors (Lipinski definition) is 2. The average Bonchev–Trinajstić information content (AvgIpc) is 2.23. The molecule has 0 aliphatic heterocycles. The Kier molecular flexibility index (Phi) is 5.03. The molecule has 1 unspecified atom stereocenters. The first-order chi connectivity index (χ1) is 7.54. The highest BCUT2D eigenvalue weighted by molar-refractivity contribution is 6.33. The number of benzene rings is 1. The van der Waals surface area contributed by atoms with Crippen LogP contribution >= 0.6 is 11.6 Å². The van der Waals surface area contributed by atoms with Gasteiger partial charge in [0.2, 0.25) is 0 Å². The molecule has 1 atom stereocenters. The van der Waals surface area contributed by atoms with Gasteiger partial charge in [0.25, 0.3) is 0 Å². The van der Waals surface area contributed by atoms with Gasteiger partial charge in [0.05, 0.1) is 10.7 Å². The van der Waals surface area contributed by atoms with Crippen LogP contribution in [0.3, 0.4) is 0 Å². The van der Waals surface area contributed by atoms with Gasteiger partial charge in [-0.15, -0.1) is 0 Å². The van der Waals surface area contributed by atoms with Crippen molar-refractivity contribution in [3.8, 4) is 0 Å². The van der Waals surface area contributed by atoms with E-state index in [9.17, 15) is 4.39 Å². The van der Waals surface area contributed by atoms with Crippen molar-refractivity contribution >= 4 is 17.3 Å². The third kappa shape index (κ3) is 3.65. The van der Waals surface area contributed by atoms with E-state index in [0.717, 1.165) is 0 Å². The molecule has 0 amide bonds. The summed E-state index contributed by atoms with van der Waals surface area (Å²) in [5.74, 6) is 0.560. The maximum absolute atomic E-state index is 13.0. The van der Waals surface area contributed by atoms with Crippen LogP contribution in [0.15, 0.2) is 18.2 Å². The Hall–Kier alpha value is -0.800. The van der Waals surface area contributed by atoms with E-state index < -0.39 is 0 Å². The van der Waals surface area contributed by atoms with E-state index in [4.69, 9.17) is 17.3 Å². The lowest BCUT2D eigenvalue weighted by Gasteiger charge is -2.20. The largest absolute Gasteiger partial charge is 0.383 e. The van der Waals surface area contributed by atoms with Crippen LogP contribution in [0.25, 0.3) is 0 Å². The standard InChI is InChI=1S/C12H18ClFN2/c1-8(2)9(6-15)7-16-12-5-10(14)3-4-11(12)13/h3-5,8-9,16H,6-7,15H2,1-2H3. The number of nitrogens with two attached hydrogens (primary N) is 1. The third-order valence-corrected chi connectivity index (χ3v) is 3.06. The molecule has 1 aromatic carbocycles. The highest BCUT2D eigenvalue weighted by Gasteiger charge is 2.11. The third-order valence-electron chi connectivity index (χ3n) is 2.73. The molecule has 0 aliphatic rings. The van der Waals surface area contributed by atoms with Crippen molar-refractivity contribution in [2.24, 2.45) is 17.6 Å². The number of rotatable bonds is 5. The van der Waals surface area contributed by atoms with Crippen molar-refractivity contribution in [2.75, 3.05) is 18.4 Å². The van der Waals surface area contributed by atoms with Crippen LogP contribution in [0.5, 0.6) is 0 Å². The summed E-state index contributed by atoms with van der Waals surface area (Å²) in [6, 6.07) is 4.29. The van der Waals surface area contributed by atoms with E-state index in [2.05, 4.69) is 19.2 Å². The Morgan fingerprint density at radius 2 is 2.12 bits per heavy atom. The van der Waals surface area contributed by atoms with Gasteiger partial charge in [-0.25, -0.2) is 4.39 Å². The molecule has 1 rings (SSSR count). The molecule has 0 saturated heterocycles. The quantitative estimate of drug-likeness (QED) is 0.835. The molecule has 2 nitrogen and oxygen atoms in total. The van der Waals surface area contributed by atoms with Crippen LogP contribution in [0.2, 0.25) is 5.02 Å². The zero-order valence-corrected chi connectivity index (χ0v) is 10.4. The smallest absolute Gasteiger partial charge is 0.125 e. The Morgan fingerprint density at radius 1 is 1.44 bits per heavy atom. The van der Waals surface area contributed by atoms with Crippen LogP contribution in [0, 0.1) is 17.7 Å². The topological polar surface area (TPSA) is 38.0 Å². The Balaban J connectivity index is 2.63. The van der Waals surface area contributed by atoms with Gasteiger partial charge in [-0.1, -0.05) is 25.4 Å². The molecule has 0 radical (unpaired) electrons. The maximum Gasteiger partial charge on any atom is 0.125 e. The summed E-state index contributed by atoms with van der Waals surface area (Å²) in [5.41, 5.74) is 6.28. The van der Waals surface area contributed by atoms with Gasteiger partial charge < -0.3 is 11.1 Å². The lowest BCUT2D eigenvalue weighted by Crippen LogP contribution is -2.27. The lowest BCUT2D eigenvalue weighted by atomic mass is 9.96. The van der Waals surface area contributed by atoms with Gasteiger partial charge in [0, 0.05) is 6.54 Å². The predicted octanol–water partition coefficient (Wildman–Crippen LogP) is 3.12. The van der Waals surface area contributed by atoms with Crippen LogP contribution in [0.4, 0.5) is 10.1 Å². The second-order valence-electron chi connectivity index (χ2n) is 4.24. The zero-order valence-electron chi connectivity index (χ0n) is 9.63. The SMILES string of the molecule is CC(C)C(CN)CNc1cc(F)ccc1Cl. The van der Waals surface area contributed by atoms with Crippen LogP contribution in [-0.2, 0) is 0 Å². The summed E-state index contributed by atoms with van der Waals surface area (Å²) in [6.45, 7) is 5.55. The summed E-state index contributed by atoms with van der Waals surface area (Å²) in [4.78, 5) is 0. The first kappa shape index (κ1) is 13.3.